The first-order valence-corrected chi connectivity index (χ1v) is 6.27. The van der Waals surface area contributed by atoms with E-state index in [1.54, 1.807) is 11.8 Å². The van der Waals surface area contributed by atoms with Gasteiger partial charge >= 0.3 is 0 Å². The molecule has 77 valence electrons. The fraction of sp³-hybridized carbons (Fsp3) is 0.625. The van der Waals surface area contributed by atoms with Crippen molar-refractivity contribution in [2.24, 2.45) is 10.1 Å². The first kappa shape index (κ1) is 11.6. The SMILES string of the molecule is CCCC(=O)N=C1[N]N=C(SCC)S1. The maximum atomic E-state index is 11.1. The Morgan fingerprint density at radius 3 is 3.00 bits per heavy atom. The standard InChI is InChI=1S/C8H12N3OS2/c1-3-5-6(12)9-7-10-11-8(14-7)13-4-2/h3-5H2,1-2H3. The first-order chi connectivity index (χ1) is 6.76. The van der Waals surface area contributed by atoms with Crippen molar-refractivity contribution in [3.8, 4) is 0 Å². The number of hydrogen-bond donors (Lipinski definition) is 0. The van der Waals surface area contributed by atoms with E-state index < -0.39 is 0 Å². The van der Waals surface area contributed by atoms with Crippen LogP contribution < -0.4 is 5.43 Å². The molecule has 1 heterocycles. The van der Waals surface area contributed by atoms with Crippen molar-refractivity contribution in [2.75, 3.05) is 5.75 Å². The molecular weight excluding hydrogens is 218 g/mol. The van der Waals surface area contributed by atoms with Crippen LogP contribution in [0.25, 0.3) is 0 Å². The molecule has 1 rings (SSSR count). The molecule has 0 bridgehead atoms. The summed E-state index contributed by atoms with van der Waals surface area (Å²) in [4.78, 5) is 15.0. The lowest BCUT2D eigenvalue weighted by Gasteiger charge is -1.92. The maximum absolute atomic E-state index is 11.1. The zero-order valence-corrected chi connectivity index (χ0v) is 9.82. The number of amides is 1. The average Bonchev–Trinajstić information content (AvgIpc) is 2.53. The van der Waals surface area contributed by atoms with Gasteiger partial charge in [0.15, 0.2) is 4.38 Å². The van der Waals surface area contributed by atoms with Gasteiger partial charge in [-0.1, -0.05) is 25.6 Å². The quantitative estimate of drug-likeness (QED) is 0.745. The van der Waals surface area contributed by atoms with Gasteiger partial charge < -0.3 is 0 Å². The summed E-state index contributed by atoms with van der Waals surface area (Å²) in [6.45, 7) is 4.00. The van der Waals surface area contributed by atoms with Crippen LogP contribution in [-0.4, -0.2) is 21.2 Å². The minimum absolute atomic E-state index is 0.114. The van der Waals surface area contributed by atoms with Crippen LogP contribution in [0.1, 0.15) is 26.7 Å². The molecule has 0 aromatic carbocycles. The van der Waals surface area contributed by atoms with Crippen LogP contribution in [0.15, 0.2) is 10.1 Å². The second-order valence-electron chi connectivity index (χ2n) is 2.54. The summed E-state index contributed by atoms with van der Waals surface area (Å²) in [5.41, 5.74) is 3.82. The van der Waals surface area contributed by atoms with E-state index in [9.17, 15) is 4.79 Å². The summed E-state index contributed by atoms with van der Waals surface area (Å²) >= 11 is 2.98. The van der Waals surface area contributed by atoms with Crippen molar-refractivity contribution in [1.82, 2.24) is 5.43 Å². The van der Waals surface area contributed by atoms with E-state index in [4.69, 9.17) is 0 Å². The Kier molecular flexibility index (Phi) is 5.03. The van der Waals surface area contributed by atoms with Crippen LogP contribution in [-0.2, 0) is 4.79 Å². The molecule has 0 saturated heterocycles. The average molecular weight is 230 g/mol. The number of nitrogens with zero attached hydrogens (tertiary/aromatic N) is 3. The Bertz CT molecular complexity index is 276. The summed E-state index contributed by atoms with van der Waals surface area (Å²) in [7, 11) is 0. The predicted octanol–water partition coefficient (Wildman–Crippen LogP) is 2.04. The second-order valence-corrected chi connectivity index (χ2v) is 5.01. The largest absolute Gasteiger partial charge is 0.273 e. The van der Waals surface area contributed by atoms with Gasteiger partial charge in [-0.3, -0.25) is 4.79 Å². The van der Waals surface area contributed by atoms with Crippen molar-refractivity contribution in [3.63, 3.8) is 0 Å². The Morgan fingerprint density at radius 1 is 1.57 bits per heavy atom. The topological polar surface area (TPSA) is 55.9 Å². The molecule has 0 N–H and O–H groups in total. The number of thioether (sulfide) groups is 2. The maximum Gasteiger partial charge on any atom is 0.248 e. The van der Waals surface area contributed by atoms with Crippen molar-refractivity contribution < 1.29 is 4.79 Å². The van der Waals surface area contributed by atoms with Crippen molar-refractivity contribution in [3.05, 3.63) is 0 Å². The van der Waals surface area contributed by atoms with Gasteiger partial charge in [0.05, 0.1) is 0 Å². The Hall–Kier alpha value is -0.490. The van der Waals surface area contributed by atoms with Gasteiger partial charge in [0.1, 0.15) is 0 Å². The van der Waals surface area contributed by atoms with Crippen LogP contribution in [0.2, 0.25) is 0 Å². The van der Waals surface area contributed by atoms with Gasteiger partial charge in [0, 0.05) is 6.42 Å². The van der Waals surface area contributed by atoms with E-state index in [0.29, 0.717) is 11.6 Å². The summed E-state index contributed by atoms with van der Waals surface area (Å²) in [6, 6.07) is 0. The summed E-state index contributed by atoms with van der Waals surface area (Å²) in [5, 5.41) is 4.38. The highest BCUT2D eigenvalue weighted by Gasteiger charge is 2.17. The molecule has 0 spiro atoms. The lowest BCUT2D eigenvalue weighted by Crippen LogP contribution is -2.04. The summed E-state index contributed by atoms with van der Waals surface area (Å²) < 4.78 is 0.871. The van der Waals surface area contributed by atoms with E-state index in [2.05, 4.69) is 15.5 Å². The molecule has 0 unspecified atom stereocenters. The number of carbonyl (C=O) groups is 1. The second kappa shape index (κ2) is 6.08. The van der Waals surface area contributed by atoms with Gasteiger partial charge in [-0.05, 0) is 23.9 Å². The number of hydrogen-bond acceptors (Lipinski definition) is 4. The van der Waals surface area contributed by atoms with E-state index in [1.807, 2.05) is 13.8 Å². The molecule has 1 amide bonds. The molecule has 0 saturated carbocycles. The summed E-state index contributed by atoms with van der Waals surface area (Å²) in [6.07, 6.45) is 1.30. The molecule has 1 aliphatic rings. The normalized spacial score (nSPS) is 18.1. The lowest BCUT2D eigenvalue weighted by molar-refractivity contribution is -0.117. The van der Waals surface area contributed by atoms with Gasteiger partial charge in [0.25, 0.3) is 0 Å². The fourth-order valence-corrected chi connectivity index (χ4v) is 2.43. The first-order valence-electron chi connectivity index (χ1n) is 4.47. The number of amidine groups is 1. The van der Waals surface area contributed by atoms with E-state index in [0.717, 1.165) is 16.5 Å². The fourth-order valence-electron chi connectivity index (χ4n) is 0.806. The molecule has 0 atom stereocenters. The third-order valence-electron chi connectivity index (χ3n) is 1.35. The predicted molar refractivity (Wildman–Crippen MR) is 62.6 cm³/mol. The summed E-state index contributed by atoms with van der Waals surface area (Å²) in [5.74, 6) is 0.842. The number of rotatable bonds is 3. The molecule has 1 radical (unpaired) electrons. The highest BCUT2D eigenvalue weighted by atomic mass is 32.2. The molecular formula is C8H12N3OS2. The molecule has 0 fully saturated rings. The molecule has 14 heavy (non-hydrogen) atoms. The molecule has 0 aromatic heterocycles. The highest BCUT2D eigenvalue weighted by Crippen LogP contribution is 2.22. The van der Waals surface area contributed by atoms with Gasteiger partial charge in [0.2, 0.25) is 11.1 Å². The molecule has 0 aromatic rings. The lowest BCUT2D eigenvalue weighted by atomic mass is 10.3. The minimum atomic E-state index is -0.114. The zero-order chi connectivity index (χ0) is 10.4. The smallest absolute Gasteiger partial charge is 0.248 e. The van der Waals surface area contributed by atoms with Crippen molar-refractivity contribution >= 4 is 39.0 Å². The minimum Gasteiger partial charge on any atom is -0.273 e. The Balaban J connectivity index is 2.40. The van der Waals surface area contributed by atoms with Crippen LogP contribution in [0, 0.1) is 0 Å². The molecule has 4 nitrogen and oxygen atoms in total. The van der Waals surface area contributed by atoms with E-state index in [1.165, 1.54) is 11.8 Å². The highest BCUT2D eigenvalue weighted by molar-refractivity contribution is 8.45. The van der Waals surface area contributed by atoms with Crippen molar-refractivity contribution in [2.45, 2.75) is 26.7 Å². The van der Waals surface area contributed by atoms with Gasteiger partial charge in [-0.25, -0.2) is 0 Å². The zero-order valence-electron chi connectivity index (χ0n) is 8.19. The van der Waals surface area contributed by atoms with Crippen LogP contribution in [0.3, 0.4) is 0 Å². The number of aliphatic imine (C=N–C) groups is 1. The monoisotopic (exact) mass is 230 g/mol. The van der Waals surface area contributed by atoms with Crippen LogP contribution in [0.4, 0.5) is 0 Å². The van der Waals surface area contributed by atoms with Gasteiger partial charge in [-0.15, -0.1) is 10.5 Å². The molecule has 6 heteroatoms. The van der Waals surface area contributed by atoms with Crippen LogP contribution in [0.5, 0.6) is 0 Å². The van der Waals surface area contributed by atoms with E-state index >= 15 is 0 Å². The van der Waals surface area contributed by atoms with Gasteiger partial charge in [-0.2, -0.15) is 4.99 Å². The van der Waals surface area contributed by atoms with E-state index in [-0.39, 0.29) is 5.91 Å². The third-order valence-corrected chi connectivity index (χ3v) is 3.18. The Labute approximate surface area is 92.0 Å². The third kappa shape index (κ3) is 3.71. The van der Waals surface area contributed by atoms with Crippen molar-refractivity contribution in [1.29, 1.82) is 0 Å². The molecule has 0 aliphatic carbocycles. The number of carbonyl (C=O) groups excluding carboxylic acids is 1. The molecule has 1 aliphatic heterocycles. The Morgan fingerprint density at radius 2 is 2.36 bits per heavy atom. The van der Waals surface area contributed by atoms with Crippen LogP contribution >= 0.6 is 23.5 Å².